The number of hydrogen-bond acceptors (Lipinski definition) is 8. The predicted molar refractivity (Wildman–Crippen MR) is 135 cm³/mol. The number of fused-ring (bicyclic) bond motifs is 1. The van der Waals surface area contributed by atoms with Crippen molar-refractivity contribution in [1.29, 1.82) is 5.26 Å². The molecule has 4 heterocycles. The molecule has 14 heteroatoms. The van der Waals surface area contributed by atoms with E-state index in [0.717, 1.165) is 29.7 Å². The highest BCUT2D eigenvalue weighted by Crippen LogP contribution is 2.46. The molecule has 0 aromatic carbocycles. The largest absolute Gasteiger partial charge is 0.353 e. The number of aromatic amines is 1. The molecule has 2 saturated heterocycles. The number of hydrogen-bond donors (Lipinski definition) is 2. The first-order chi connectivity index (χ1) is 17.2. The summed E-state index contributed by atoms with van der Waals surface area (Å²) in [7, 11) is -7.02. The Morgan fingerprint density at radius 3 is 2.81 bits per heavy atom. The lowest BCUT2D eigenvalue weighted by Gasteiger charge is -2.41. The second kappa shape index (κ2) is 9.86. The van der Waals surface area contributed by atoms with Crippen LogP contribution < -0.4 is 9.62 Å². The van der Waals surface area contributed by atoms with Gasteiger partial charge in [0.2, 0.25) is 10.0 Å². The Bertz CT molecular complexity index is 1350. The van der Waals surface area contributed by atoms with E-state index in [-0.39, 0.29) is 24.6 Å². The van der Waals surface area contributed by atoms with Gasteiger partial charge in [-0.15, -0.1) is 0 Å². The van der Waals surface area contributed by atoms with Crippen LogP contribution >= 0.6 is 0 Å². The summed E-state index contributed by atoms with van der Waals surface area (Å²) >= 11 is 0. The summed E-state index contributed by atoms with van der Waals surface area (Å²) in [6.07, 6.45) is 6.84. The average Bonchev–Trinajstić information content (AvgIpc) is 3.24. The van der Waals surface area contributed by atoms with Crippen LogP contribution in [0.4, 0.5) is 5.82 Å². The first-order valence-corrected chi connectivity index (χ1v) is 15.4. The molecule has 0 amide bonds. The van der Waals surface area contributed by atoms with Crippen molar-refractivity contribution >= 4 is 37.1 Å². The lowest BCUT2D eigenvalue weighted by atomic mass is 10.1. The third kappa shape index (κ3) is 5.08. The molecule has 1 aliphatic carbocycles. The van der Waals surface area contributed by atoms with E-state index >= 15 is 0 Å². The van der Waals surface area contributed by atoms with Crippen molar-refractivity contribution in [3.63, 3.8) is 0 Å². The smallest absolute Gasteiger partial charge is 0.280 e. The number of aromatic nitrogens is 3. The highest BCUT2D eigenvalue weighted by Gasteiger charge is 2.56. The molecule has 1 saturated carbocycles. The standard InChI is InChI=1S/C22H32N8O4S2/c23-8-1-2-14-35(31,32)29-11-5-18(15-29)3-10-27-36(33,34)30-13-12-28(16-22(30)6-7-22)21-19-4-9-24-20(19)25-17-26-21/h4,9,17-18,27H,1-3,5-7,10-16H2,(H,24,25,26). The van der Waals surface area contributed by atoms with Crippen molar-refractivity contribution in [2.45, 2.75) is 44.1 Å². The van der Waals surface area contributed by atoms with Crippen LogP contribution in [0.5, 0.6) is 0 Å². The zero-order chi connectivity index (χ0) is 25.4. The van der Waals surface area contributed by atoms with Gasteiger partial charge in [0, 0.05) is 51.9 Å². The van der Waals surface area contributed by atoms with Gasteiger partial charge < -0.3 is 9.88 Å². The Hall–Kier alpha value is -2.31. The van der Waals surface area contributed by atoms with E-state index in [2.05, 4.69) is 24.6 Å². The van der Waals surface area contributed by atoms with Crippen LogP contribution in [0.1, 0.15) is 38.5 Å². The SMILES string of the molecule is N#CCCCS(=O)(=O)N1CCC(CCNS(=O)(=O)N2CCN(c3ncnc4[nH]ccc34)CC23CC3)C1. The zero-order valence-corrected chi connectivity index (χ0v) is 21.8. The molecular formula is C22H32N8O4S2. The summed E-state index contributed by atoms with van der Waals surface area (Å²) in [5, 5.41) is 9.56. The van der Waals surface area contributed by atoms with Crippen LogP contribution in [0.15, 0.2) is 18.6 Å². The van der Waals surface area contributed by atoms with Gasteiger partial charge in [-0.1, -0.05) is 0 Å². The highest BCUT2D eigenvalue weighted by molar-refractivity contribution is 7.89. The normalized spacial score (nSPS) is 22.9. The van der Waals surface area contributed by atoms with Crippen LogP contribution in [0.2, 0.25) is 0 Å². The molecule has 0 radical (unpaired) electrons. The van der Waals surface area contributed by atoms with Gasteiger partial charge in [-0.25, -0.2) is 27.4 Å². The van der Waals surface area contributed by atoms with Crippen molar-refractivity contribution < 1.29 is 16.8 Å². The first-order valence-electron chi connectivity index (χ1n) is 12.4. The number of anilines is 1. The second-order valence-electron chi connectivity index (χ2n) is 9.93. The average molecular weight is 537 g/mol. The van der Waals surface area contributed by atoms with E-state index in [1.807, 2.05) is 18.3 Å². The van der Waals surface area contributed by atoms with E-state index in [1.54, 1.807) is 4.31 Å². The molecule has 3 fully saturated rings. The van der Waals surface area contributed by atoms with Gasteiger partial charge in [-0.2, -0.15) is 18.0 Å². The van der Waals surface area contributed by atoms with E-state index in [4.69, 9.17) is 5.26 Å². The maximum atomic E-state index is 13.2. The molecule has 2 aliphatic heterocycles. The minimum Gasteiger partial charge on any atom is -0.353 e. The van der Waals surface area contributed by atoms with Crippen LogP contribution in [0, 0.1) is 17.2 Å². The van der Waals surface area contributed by atoms with Gasteiger partial charge in [-0.3, -0.25) is 0 Å². The number of nitriles is 1. The number of nitrogens with one attached hydrogen (secondary N) is 2. The fraction of sp³-hybridized carbons (Fsp3) is 0.682. The fourth-order valence-electron chi connectivity index (χ4n) is 5.40. The van der Waals surface area contributed by atoms with Crippen LogP contribution in [-0.2, 0) is 20.2 Å². The van der Waals surface area contributed by atoms with E-state index in [9.17, 15) is 16.8 Å². The highest BCUT2D eigenvalue weighted by atomic mass is 32.2. The van der Waals surface area contributed by atoms with Gasteiger partial charge in [0.25, 0.3) is 10.2 Å². The molecule has 1 unspecified atom stereocenters. The van der Waals surface area contributed by atoms with Crippen molar-refractivity contribution in [3.05, 3.63) is 18.6 Å². The Morgan fingerprint density at radius 1 is 1.19 bits per heavy atom. The Balaban J connectivity index is 1.14. The number of H-pyrrole nitrogens is 1. The lowest BCUT2D eigenvalue weighted by Crippen LogP contribution is -2.59. The second-order valence-corrected chi connectivity index (χ2v) is 13.7. The van der Waals surface area contributed by atoms with Crippen LogP contribution in [0.3, 0.4) is 0 Å². The summed E-state index contributed by atoms with van der Waals surface area (Å²) in [4.78, 5) is 14.0. The quantitative estimate of drug-likeness (QED) is 0.422. The van der Waals surface area contributed by atoms with Crippen molar-refractivity contribution in [3.8, 4) is 6.07 Å². The lowest BCUT2D eigenvalue weighted by molar-refractivity contribution is 0.266. The third-order valence-electron chi connectivity index (χ3n) is 7.51. The topological polar surface area (TPSA) is 155 Å². The predicted octanol–water partition coefficient (Wildman–Crippen LogP) is 0.792. The maximum absolute atomic E-state index is 13.2. The molecule has 3 aliphatic rings. The fourth-order valence-corrected chi connectivity index (χ4v) is 8.59. The van der Waals surface area contributed by atoms with Gasteiger partial charge >= 0.3 is 0 Å². The molecule has 1 atom stereocenters. The summed E-state index contributed by atoms with van der Waals surface area (Å²) in [6, 6.07) is 3.91. The van der Waals surface area contributed by atoms with Gasteiger partial charge in [0.1, 0.15) is 17.8 Å². The molecule has 2 N–H and O–H groups in total. The molecular weight excluding hydrogens is 504 g/mol. The molecule has 196 valence electrons. The molecule has 36 heavy (non-hydrogen) atoms. The van der Waals surface area contributed by atoms with Crippen LogP contribution in [0.25, 0.3) is 11.0 Å². The van der Waals surface area contributed by atoms with Gasteiger partial charge in [-0.05, 0) is 44.1 Å². The monoisotopic (exact) mass is 536 g/mol. The van der Waals surface area contributed by atoms with Crippen LogP contribution in [-0.4, -0.2) is 91.0 Å². The first kappa shape index (κ1) is 25.3. The Kier molecular flexibility index (Phi) is 6.94. The van der Waals surface area contributed by atoms with E-state index < -0.39 is 25.8 Å². The molecule has 12 nitrogen and oxygen atoms in total. The zero-order valence-electron chi connectivity index (χ0n) is 20.1. The Labute approximate surface area is 211 Å². The summed E-state index contributed by atoms with van der Waals surface area (Å²) in [5.74, 6) is 0.927. The summed E-state index contributed by atoms with van der Waals surface area (Å²) in [6.45, 7) is 2.65. The maximum Gasteiger partial charge on any atom is 0.280 e. The molecule has 1 spiro atoms. The molecule has 5 rings (SSSR count). The van der Waals surface area contributed by atoms with E-state index in [1.165, 1.54) is 10.6 Å². The minimum atomic E-state index is -3.66. The van der Waals surface area contributed by atoms with Crippen molar-refractivity contribution in [1.82, 2.24) is 28.3 Å². The molecule has 2 aromatic rings. The number of nitrogens with zero attached hydrogens (tertiary/aromatic N) is 6. The molecule has 0 bridgehead atoms. The number of piperazine rings is 1. The van der Waals surface area contributed by atoms with Crippen molar-refractivity contribution in [2.75, 3.05) is 49.9 Å². The Morgan fingerprint density at radius 2 is 2.03 bits per heavy atom. The number of sulfonamides is 1. The summed E-state index contributed by atoms with van der Waals surface area (Å²) < 4.78 is 57.2. The summed E-state index contributed by atoms with van der Waals surface area (Å²) in [5.41, 5.74) is 0.348. The van der Waals surface area contributed by atoms with Crippen molar-refractivity contribution in [2.24, 2.45) is 5.92 Å². The van der Waals surface area contributed by atoms with E-state index in [0.29, 0.717) is 52.0 Å². The number of rotatable bonds is 10. The number of unbranched alkanes of at least 4 members (excludes halogenated alkanes) is 1. The minimum absolute atomic E-state index is 0.0153. The van der Waals surface area contributed by atoms with Gasteiger partial charge in [0.05, 0.1) is 22.7 Å². The third-order valence-corrected chi connectivity index (χ3v) is 11.1. The van der Waals surface area contributed by atoms with Gasteiger partial charge in [0.15, 0.2) is 0 Å². The molecule has 2 aromatic heterocycles.